The number of likely N-dealkylation sites (tertiary alicyclic amines) is 1. The average Bonchev–Trinajstić information content (AvgIpc) is 2.94. The van der Waals surface area contributed by atoms with Gasteiger partial charge >= 0.3 is 0 Å². The molecule has 0 saturated carbocycles. The quantitative estimate of drug-likeness (QED) is 0.825. The summed E-state index contributed by atoms with van der Waals surface area (Å²) in [6, 6.07) is 12.5. The van der Waals surface area contributed by atoms with Gasteiger partial charge in [-0.1, -0.05) is 24.3 Å². The molecule has 3 heterocycles. The van der Waals surface area contributed by atoms with Crippen molar-refractivity contribution in [2.75, 3.05) is 39.9 Å². The Labute approximate surface area is 155 Å². The highest BCUT2D eigenvalue weighted by molar-refractivity contribution is 5.33. The van der Waals surface area contributed by atoms with Gasteiger partial charge in [-0.3, -0.25) is 14.8 Å². The molecule has 2 atom stereocenters. The molecule has 4 rings (SSSR count). The van der Waals surface area contributed by atoms with Gasteiger partial charge in [-0.15, -0.1) is 0 Å². The van der Waals surface area contributed by atoms with Crippen LogP contribution in [0.5, 0.6) is 5.75 Å². The van der Waals surface area contributed by atoms with Gasteiger partial charge in [0.15, 0.2) is 0 Å². The Morgan fingerprint density at radius 3 is 2.81 bits per heavy atom. The Morgan fingerprint density at radius 2 is 1.96 bits per heavy atom. The molecule has 2 aromatic rings. The van der Waals surface area contributed by atoms with Crippen LogP contribution >= 0.6 is 0 Å². The van der Waals surface area contributed by atoms with Crippen molar-refractivity contribution in [1.29, 1.82) is 0 Å². The maximum atomic E-state index is 6.19. The predicted octanol–water partition coefficient (Wildman–Crippen LogP) is 2.42. The van der Waals surface area contributed by atoms with E-state index in [0.717, 1.165) is 51.6 Å². The second-order valence-corrected chi connectivity index (χ2v) is 7.27. The second-order valence-electron chi connectivity index (χ2n) is 7.27. The molecule has 0 radical (unpaired) electrons. The molecular formula is C21H27N3O2. The lowest BCUT2D eigenvalue weighted by molar-refractivity contribution is 0.0510. The summed E-state index contributed by atoms with van der Waals surface area (Å²) in [5, 5.41) is 0. The van der Waals surface area contributed by atoms with Crippen molar-refractivity contribution in [3.63, 3.8) is 0 Å². The van der Waals surface area contributed by atoms with E-state index in [2.05, 4.69) is 33.0 Å². The van der Waals surface area contributed by atoms with E-state index in [1.807, 2.05) is 30.6 Å². The van der Waals surface area contributed by atoms with Crippen LogP contribution in [0.15, 0.2) is 48.8 Å². The fourth-order valence-corrected chi connectivity index (χ4v) is 4.14. The number of methoxy groups -OCH3 is 1. The zero-order valence-corrected chi connectivity index (χ0v) is 15.4. The van der Waals surface area contributed by atoms with E-state index in [4.69, 9.17) is 9.47 Å². The van der Waals surface area contributed by atoms with Crippen molar-refractivity contribution in [2.24, 2.45) is 5.92 Å². The van der Waals surface area contributed by atoms with Crippen LogP contribution in [0, 0.1) is 5.92 Å². The zero-order chi connectivity index (χ0) is 17.8. The van der Waals surface area contributed by atoms with E-state index in [1.165, 1.54) is 11.1 Å². The van der Waals surface area contributed by atoms with Crippen molar-refractivity contribution in [3.05, 3.63) is 59.9 Å². The summed E-state index contributed by atoms with van der Waals surface area (Å²) >= 11 is 0. The van der Waals surface area contributed by atoms with Gasteiger partial charge in [0.05, 0.1) is 19.8 Å². The third kappa shape index (κ3) is 4.06. The second kappa shape index (κ2) is 8.16. The van der Waals surface area contributed by atoms with Gasteiger partial charge in [-0.05, 0) is 17.7 Å². The van der Waals surface area contributed by atoms with Gasteiger partial charge in [0.2, 0.25) is 0 Å². The number of hydrogen-bond donors (Lipinski definition) is 0. The number of pyridine rings is 1. The molecule has 0 amide bonds. The minimum absolute atomic E-state index is 0.337. The van der Waals surface area contributed by atoms with Gasteiger partial charge in [-0.25, -0.2) is 0 Å². The number of hydrogen-bond acceptors (Lipinski definition) is 5. The maximum absolute atomic E-state index is 6.19. The normalized spacial score (nSPS) is 24.2. The number of benzene rings is 1. The highest BCUT2D eigenvalue weighted by Gasteiger charge is 2.36. The number of rotatable bonds is 5. The number of para-hydroxylation sites is 1. The molecule has 0 aliphatic carbocycles. The maximum Gasteiger partial charge on any atom is 0.123 e. The highest BCUT2D eigenvalue weighted by Crippen LogP contribution is 2.27. The van der Waals surface area contributed by atoms with Gasteiger partial charge in [0, 0.05) is 63.1 Å². The third-order valence-electron chi connectivity index (χ3n) is 5.40. The fraction of sp³-hybridized carbons (Fsp3) is 0.476. The molecule has 0 spiro atoms. The first-order chi connectivity index (χ1) is 12.8. The SMILES string of the molecule is COc1ccccc1CN1C[C@@H]2CN(Cc3cccnc3)CCO[C@@H]2C1. The highest BCUT2D eigenvalue weighted by atomic mass is 16.5. The molecule has 0 bridgehead atoms. The van der Waals surface area contributed by atoms with E-state index < -0.39 is 0 Å². The summed E-state index contributed by atoms with van der Waals surface area (Å²) in [7, 11) is 1.74. The van der Waals surface area contributed by atoms with E-state index in [9.17, 15) is 0 Å². The minimum Gasteiger partial charge on any atom is -0.496 e. The smallest absolute Gasteiger partial charge is 0.123 e. The molecular weight excluding hydrogens is 326 g/mol. The van der Waals surface area contributed by atoms with E-state index in [-0.39, 0.29) is 0 Å². The van der Waals surface area contributed by atoms with Gasteiger partial charge in [0.1, 0.15) is 5.75 Å². The Balaban J connectivity index is 1.38. The van der Waals surface area contributed by atoms with Crippen LogP contribution in [0.1, 0.15) is 11.1 Å². The molecule has 26 heavy (non-hydrogen) atoms. The van der Waals surface area contributed by atoms with Crippen molar-refractivity contribution in [2.45, 2.75) is 19.2 Å². The lowest BCUT2D eigenvalue weighted by atomic mass is 10.1. The number of aromatic nitrogens is 1. The van der Waals surface area contributed by atoms with Crippen molar-refractivity contribution >= 4 is 0 Å². The summed E-state index contributed by atoms with van der Waals surface area (Å²) in [5.74, 6) is 1.53. The molecule has 1 aromatic heterocycles. The van der Waals surface area contributed by atoms with Crippen molar-refractivity contribution in [3.8, 4) is 5.75 Å². The monoisotopic (exact) mass is 353 g/mol. The number of fused-ring (bicyclic) bond motifs is 1. The summed E-state index contributed by atoms with van der Waals surface area (Å²) in [5.41, 5.74) is 2.52. The standard InChI is InChI=1S/C21H27N3O2/c1-25-20-7-3-2-6-18(20)13-24-15-19-14-23(9-10-26-21(19)16-24)12-17-5-4-8-22-11-17/h2-8,11,19,21H,9-10,12-16H2,1H3/t19-,21+/m0/s1. The van der Waals surface area contributed by atoms with Crippen molar-refractivity contribution < 1.29 is 9.47 Å². The Hall–Kier alpha value is -1.95. The van der Waals surface area contributed by atoms with Gasteiger partial charge < -0.3 is 9.47 Å². The molecule has 5 heteroatoms. The summed E-state index contributed by atoms with van der Waals surface area (Å²) in [6.07, 6.45) is 4.13. The molecule has 2 aliphatic heterocycles. The summed E-state index contributed by atoms with van der Waals surface area (Å²) in [4.78, 5) is 9.25. The molecule has 0 unspecified atom stereocenters. The lowest BCUT2D eigenvalue weighted by Crippen LogP contribution is -2.32. The van der Waals surface area contributed by atoms with E-state index >= 15 is 0 Å². The summed E-state index contributed by atoms with van der Waals surface area (Å²) in [6.45, 7) is 6.84. The van der Waals surface area contributed by atoms with Crippen molar-refractivity contribution in [1.82, 2.24) is 14.8 Å². The molecule has 2 saturated heterocycles. The zero-order valence-electron chi connectivity index (χ0n) is 15.4. The molecule has 138 valence electrons. The van der Waals surface area contributed by atoms with Crippen LogP contribution in [-0.2, 0) is 17.8 Å². The topological polar surface area (TPSA) is 37.8 Å². The minimum atomic E-state index is 0.337. The molecule has 2 fully saturated rings. The van der Waals surface area contributed by atoms with Gasteiger partial charge in [0.25, 0.3) is 0 Å². The number of nitrogens with zero attached hydrogens (tertiary/aromatic N) is 3. The van der Waals surface area contributed by atoms with E-state index in [0.29, 0.717) is 12.0 Å². The first kappa shape index (κ1) is 17.5. The van der Waals surface area contributed by atoms with Gasteiger partial charge in [-0.2, -0.15) is 0 Å². The van der Waals surface area contributed by atoms with Crippen LogP contribution in [0.25, 0.3) is 0 Å². The lowest BCUT2D eigenvalue weighted by Gasteiger charge is -2.23. The average molecular weight is 353 g/mol. The van der Waals surface area contributed by atoms with E-state index in [1.54, 1.807) is 7.11 Å². The first-order valence-electron chi connectivity index (χ1n) is 9.39. The Bertz CT molecular complexity index is 709. The third-order valence-corrected chi connectivity index (χ3v) is 5.40. The molecule has 5 nitrogen and oxygen atoms in total. The molecule has 1 aromatic carbocycles. The van der Waals surface area contributed by atoms with Crippen LogP contribution in [0.2, 0.25) is 0 Å². The largest absolute Gasteiger partial charge is 0.496 e. The Kier molecular flexibility index (Phi) is 5.48. The predicted molar refractivity (Wildman–Crippen MR) is 101 cm³/mol. The van der Waals surface area contributed by atoms with Crippen LogP contribution in [0.4, 0.5) is 0 Å². The fourth-order valence-electron chi connectivity index (χ4n) is 4.14. The van der Waals surface area contributed by atoms with Crippen LogP contribution in [-0.4, -0.2) is 60.8 Å². The van der Waals surface area contributed by atoms with Crippen LogP contribution in [0.3, 0.4) is 0 Å². The first-order valence-corrected chi connectivity index (χ1v) is 9.39. The number of ether oxygens (including phenoxy) is 2. The Morgan fingerprint density at radius 1 is 1.08 bits per heavy atom. The molecule has 0 N–H and O–H groups in total. The summed E-state index contributed by atoms with van der Waals surface area (Å²) < 4.78 is 11.7. The molecule has 2 aliphatic rings. The van der Waals surface area contributed by atoms with Crippen LogP contribution < -0.4 is 4.74 Å².